The lowest BCUT2D eigenvalue weighted by Crippen LogP contribution is -2.48. The summed E-state index contributed by atoms with van der Waals surface area (Å²) in [6.07, 6.45) is 0.889. The van der Waals surface area contributed by atoms with E-state index in [4.69, 9.17) is 4.74 Å². The normalized spacial score (nSPS) is 18.4. The number of amides is 3. The Morgan fingerprint density at radius 1 is 1.40 bits per heavy atom. The van der Waals surface area contributed by atoms with Crippen molar-refractivity contribution in [1.82, 2.24) is 15.1 Å². The van der Waals surface area contributed by atoms with Crippen LogP contribution in [0.5, 0.6) is 0 Å². The molecule has 0 radical (unpaired) electrons. The van der Waals surface area contributed by atoms with Crippen LogP contribution < -0.4 is 5.32 Å². The summed E-state index contributed by atoms with van der Waals surface area (Å²) in [5.41, 5.74) is 0. The summed E-state index contributed by atoms with van der Waals surface area (Å²) < 4.78 is 4.98. The number of hydrogen-bond donors (Lipinski definition) is 1. The van der Waals surface area contributed by atoms with Gasteiger partial charge >= 0.3 is 0 Å². The summed E-state index contributed by atoms with van der Waals surface area (Å²) in [6, 6.07) is 0. The molecular formula is C13H23N3O4. The van der Waals surface area contributed by atoms with E-state index in [1.807, 2.05) is 0 Å². The van der Waals surface area contributed by atoms with Crippen LogP contribution in [0.1, 0.15) is 12.8 Å². The lowest BCUT2D eigenvalue weighted by atomic mass is 9.97. The van der Waals surface area contributed by atoms with E-state index in [2.05, 4.69) is 5.32 Å². The van der Waals surface area contributed by atoms with Crippen LogP contribution in [-0.4, -0.2) is 75.0 Å². The van der Waals surface area contributed by atoms with E-state index in [9.17, 15) is 14.4 Å². The Morgan fingerprint density at radius 3 is 2.60 bits per heavy atom. The third-order valence-electron chi connectivity index (χ3n) is 3.32. The van der Waals surface area contributed by atoms with E-state index >= 15 is 0 Å². The first-order valence-electron chi connectivity index (χ1n) is 6.70. The van der Waals surface area contributed by atoms with Gasteiger partial charge in [-0.2, -0.15) is 0 Å². The highest BCUT2D eigenvalue weighted by Crippen LogP contribution is 2.14. The summed E-state index contributed by atoms with van der Waals surface area (Å²) in [7, 11) is 4.86. The van der Waals surface area contributed by atoms with Crippen LogP contribution in [0.15, 0.2) is 0 Å². The van der Waals surface area contributed by atoms with Crippen LogP contribution in [0.2, 0.25) is 0 Å². The third kappa shape index (κ3) is 4.80. The van der Waals surface area contributed by atoms with E-state index in [-0.39, 0.29) is 30.2 Å². The molecule has 0 saturated carbocycles. The average Bonchev–Trinajstić information content (AvgIpc) is 2.43. The van der Waals surface area contributed by atoms with Gasteiger partial charge in [0.1, 0.15) is 0 Å². The minimum absolute atomic E-state index is 0.0261. The minimum atomic E-state index is -0.250. The zero-order valence-electron chi connectivity index (χ0n) is 12.3. The van der Waals surface area contributed by atoms with Crippen molar-refractivity contribution in [1.29, 1.82) is 0 Å². The molecule has 0 aromatic carbocycles. The monoisotopic (exact) mass is 285 g/mol. The molecule has 0 aliphatic carbocycles. The SMILES string of the molecule is COCCN(CC(=O)N(C)C)C(=O)C1CCC(=O)NC1. The molecule has 0 bridgehead atoms. The largest absolute Gasteiger partial charge is 0.383 e. The zero-order chi connectivity index (χ0) is 15.1. The zero-order valence-corrected chi connectivity index (χ0v) is 12.3. The van der Waals surface area contributed by atoms with Crippen molar-refractivity contribution in [2.75, 3.05) is 47.4 Å². The first-order valence-corrected chi connectivity index (χ1v) is 6.70. The van der Waals surface area contributed by atoms with Crippen molar-refractivity contribution < 1.29 is 19.1 Å². The van der Waals surface area contributed by atoms with Crippen molar-refractivity contribution in [3.05, 3.63) is 0 Å². The second-order valence-electron chi connectivity index (χ2n) is 5.08. The van der Waals surface area contributed by atoms with Gasteiger partial charge in [-0.25, -0.2) is 0 Å². The summed E-state index contributed by atoms with van der Waals surface area (Å²) in [5, 5.41) is 2.69. The molecule has 0 aromatic rings. The molecule has 1 rings (SSSR count). The lowest BCUT2D eigenvalue weighted by molar-refractivity contribution is -0.143. The number of methoxy groups -OCH3 is 1. The topological polar surface area (TPSA) is 79.0 Å². The number of likely N-dealkylation sites (N-methyl/N-ethyl adjacent to an activating group) is 1. The number of carbonyl (C=O) groups excluding carboxylic acids is 3. The van der Waals surface area contributed by atoms with Crippen LogP contribution in [0.25, 0.3) is 0 Å². The maximum atomic E-state index is 12.4. The standard InChI is InChI=1S/C13H23N3O4/c1-15(2)12(18)9-16(6-7-20-3)13(19)10-4-5-11(17)14-8-10/h10H,4-9H2,1-3H3,(H,14,17). The average molecular weight is 285 g/mol. The molecule has 1 aliphatic rings. The Bertz CT molecular complexity index is 361. The lowest BCUT2D eigenvalue weighted by Gasteiger charge is -2.29. The summed E-state index contributed by atoms with van der Waals surface area (Å²) >= 11 is 0. The van der Waals surface area contributed by atoms with Gasteiger partial charge < -0.3 is 19.9 Å². The van der Waals surface area contributed by atoms with Gasteiger partial charge in [0.2, 0.25) is 17.7 Å². The fourth-order valence-electron chi connectivity index (χ4n) is 1.98. The highest BCUT2D eigenvalue weighted by atomic mass is 16.5. The van der Waals surface area contributed by atoms with Crippen molar-refractivity contribution in [3.8, 4) is 0 Å². The summed E-state index contributed by atoms with van der Waals surface area (Å²) in [5.74, 6) is -0.507. The first kappa shape index (κ1) is 16.4. The van der Waals surface area contributed by atoms with E-state index in [1.54, 1.807) is 21.2 Å². The third-order valence-corrected chi connectivity index (χ3v) is 3.32. The molecule has 1 fully saturated rings. The number of carbonyl (C=O) groups is 3. The molecule has 1 unspecified atom stereocenters. The summed E-state index contributed by atoms with van der Waals surface area (Å²) in [6.45, 7) is 1.14. The first-order chi connectivity index (χ1) is 9.45. The highest BCUT2D eigenvalue weighted by Gasteiger charge is 2.29. The number of piperidine rings is 1. The molecule has 1 atom stereocenters. The second-order valence-corrected chi connectivity index (χ2v) is 5.08. The van der Waals surface area contributed by atoms with Gasteiger partial charge in [-0.05, 0) is 6.42 Å². The Hall–Kier alpha value is -1.63. The van der Waals surface area contributed by atoms with Gasteiger partial charge in [0.05, 0.1) is 19.1 Å². The molecule has 1 N–H and O–H groups in total. The highest BCUT2D eigenvalue weighted by molar-refractivity contribution is 5.87. The van der Waals surface area contributed by atoms with Crippen molar-refractivity contribution in [2.24, 2.45) is 5.92 Å². The van der Waals surface area contributed by atoms with Gasteiger partial charge in [0.25, 0.3) is 0 Å². The molecule has 1 heterocycles. The molecule has 20 heavy (non-hydrogen) atoms. The van der Waals surface area contributed by atoms with E-state index in [1.165, 1.54) is 9.80 Å². The Balaban J connectivity index is 2.63. The quantitative estimate of drug-likeness (QED) is 0.684. The number of hydrogen-bond acceptors (Lipinski definition) is 4. The van der Waals surface area contributed by atoms with Crippen molar-refractivity contribution in [2.45, 2.75) is 12.8 Å². The molecule has 1 aliphatic heterocycles. The van der Waals surface area contributed by atoms with E-state index < -0.39 is 0 Å². The number of nitrogens with zero attached hydrogens (tertiary/aromatic N) is 2. The van der Waals surface area contributed by atoms with Crippen LogP contribution in [0.3, 0.4) is 0 Å². The molecule has 1 saturated heterocycles. The molecule has 0 spiro atoms. The van der Waals surface area contributed by atoms with Gasteiger partial charge in [-0.15, -0.1) is 0 Å². The fourth-order valence-corrected chi connectivity index (χ4v) is 1.98. The Labute approximate surface area is 119 Å². The van der Waals surface area contributed by atoms with Crippen molar-refractivity contribution >= 4 is 17.7 Å². The Kier molecular flexibility index (Phi) is 6.44. The molecule has 114 valence electrons. The maximum absolute atomic E-state index is 12.4. The molecular weight excluding hydrogens is 262 g/mol. The maximum Gasteiger partial charge on any atom is 0.241 e. The van der Waals surface area contributed by atoms with Crippen LogP contribution >= 0.6 is 0 Å². The molecule has 7 nitrogen and oxygen atoms in total. The Morgan fingerprint density at radius 2 is 2.10 bits per heavy atom. The van der Waals surface area contributed by atoms with Gasteiger partial charge in [0, 0.05) is 40.7 Å². The number of nitrogens with one attached hydrogen (secondary N) is 1. The van der Waals surface area contributed by atoms with Crippen molar-refractivity contribution in [3.63, 3.8) is 0 Å². The molecule has 0 aromatic heterocycles. The van der Waals surface area contributed by atoms with Gasteiger partial charge in [-0.1, -0.05) is 0 Å². The van der Waals surface area contributed by atoms with Crippen LogP contribution in [0.4, 0.5) is 0 Å². The van der Waals surface area contributed by atoms with Crippen LogP contribution in [-0.2, 0) is 19.1 Å². The van der Waals surface area contributed by atoms with Gasteiger partial charge in [0.15, 0.2) is 0 Å². The molecule has 7 heteroatoms. The van der Waals surface area contributed by atoms with E-state index in [0.717, 1.165) is 0 Å². The predicted octanol–water partition coefficient (Wildman–Crippen LogP) is -0.924. The number of rotatable bonds is 6. The van der Waals surface area contributed by atoms with E-state index in [0.29, 0.717) is 32.5 Å². The van der Waals surface area contributed by atoms with Crippen LogP contribution in [0, 0.1) is 5.92 Å². The second kappa shape index (κ2) is 7.84. The minimum Gasteiger partial charge on any atom is -0.383 e. The predicted molar refractivity (Wildman–Crippen MR) is 72.9 cm³/mol. The van der Waals surface area contributed by atoms with Gasteiger partial charge in [-0.3, -0.25) is 14.4 Å². The fraction of sp³-hybridized carbons (Fsp3) is 0.769. The summed E-state index contributed by atoms with van der Waals surface area (Å²) in [4.78, 5) is 38.3. The molecule has 3 amide bonds. The smallest absolute Gasteiger partial charge is 0.241 e. The number of ether oxygens (including phenoxy) is 1.